The fourth-order valence-corrected chi connectivity index (χ4v) is 4.10. The van der Waals surface area contributed by atoms with Gasteiger partial charge in [-0.1, -0.05) is 37.3 Å². The van der Waals surface area contributed by atoms with Crippen LogP contribution < -0.4 is 21.5 Å². The van der Waals surface area contributed by atoms with Gasteiger partial charge < -0.3 is 16.0 Å². The van der Waals surface area contributed by atoms with Crippen LogP contribution in [0.2, 0.25) is 0 Å². The van der Waals surface area contributed by atoms with E-state index in [1.54, 1.807) is 6.92 Å². The first-order valence-corrected chi connectivity index (χ1v) is 12.5. The van der Waals surface area contributed by atoms with E-state index in [4.69, 9.17) is 5.41 Å². The summed E-state index contributed by atoms with van der Waals surface area (Å²) in [5.41, 5.74) is 0.672. The van der Waals surface area contributed by atoms with Crippen molar-refractivity contribution in [2.24, 2.45) is 0 Å². The fraction of sp³-hybridized carbons (Fsp3) is 0.417. The third-order valence-corrected chi connectivity index (χ3v) is 5.99. The molecule has 0 bridgehead atoms. The number of amidine groups is 1. The van der Waals surface area contributed by atoms with Crippen molar-refractivity contribution in [2.45, 2.75) is 44.9 Å². The third-order valence-electron chi connectivity index (χ3n) is 4.93. The second-order valence-electron chi connectivity index (χ2n) is 7.85. The van der Waals surface area contributed by atoms with Crippen molar-refractivity contribution in [2.75, 3.05) is 24.2 Å². The molecule has 0 spiro atoms. The lowest BCUT2D eigenvalue weighted by atomic mass is 10.2. The molecule has 1 atom stereocenters. The first-order chi connectivity index (χ1) is 16.8. The van der Waals surface area contributed by atoms with Crippen molar-refractivity contribution < 1.29 is 14.4 Å². The van der Waals surface area contributed by atoms with Crippen LogP contribution in [-0.2, 0) is 20.1 Å². The Morgan fingerprint density at radius 2 is 1.94 bits per heavy atom. The zero-order valence-electron chi connectivity index (χ0n) is 20.0. The van der Waals surface area contributed by atoms with Gasteiger partial charge in [-0.2, -0.15) is 0 Å². The average Bonchev–Trinajstić information content (AvgIpc) is 2.83. The van der Waals surface area contributed by atoms with Crippen molar-refractivity contribution in [3.8, 4) is 0 Å². The molecule has 1 aromatic heterocycles. The van der Waals surface area contributed by atoms with Crippen molar-refractivity contribution in [1.29, 1.82) is 5.41 Å². The molecule has 2 amide bonds. The van der Waals surface area contributed by atoms with Crippen molar-refractivity contribution in [3.05, 3.63) is 58.6 Å². The predicted molar refractivity (Wildman–Crippen MR) is 138 cm³/mol. The topological polar surface area (TPSA) is 146 Å². The highest BCUT2D eigenvalue weighted by Crippen LogP contribution is 2.12. The quantitative estimate of drug-likeness (QED) is 0.177. The maximum absolute atomic E-state index is 12.8. The Balaban J connectivity index is 1.85. The first kappa shape index (κ1) is 27.8. The molecule has 0 aliphatic carbocycles. The van der Waals surface area contributed by atoms with E-state index < -0.39 is 17.5 Å². The molecule has 0 fully saturated rings. The smallest absolute Gasteiger partial charge is 0.294 e. The summed E-state index contributed by atoms with van der Waals surface area (Å²) in [6.45, 7) is 3.49. The van der Waals surface area contributed by atoms with Gasteiger partial charge in [0.05, 0.1) is 18.1 Å². The molecule has 0 saturated carbocycles. The third kappa shape index (κ3) is 9.73. The number of thioether (sulfide) groups is 1. The zero-order valence-corrected chi connectivity index (χ0v) is 20.8. The summed E-state index contributed by atoms with van der Waals surface area (Å²) in [4.78, 5) is 53.4. The molecule has 11 heteroatoms. The molecule has 2 rings (SSSR count). The van der Waals surface area contributed by atoms with Crippen LogP contribution in [0, 0.1) is 5.41 Å². The van der Waals surface area contributed by atoms with Gasteiger partial charge in [-0.05, 0) is 25.3 Å². The van der Waals surface area contributed by atoms with Gasteiger partial charge in [-0.3, -0.25) is 29.2 Å². The van der Waals surface area contributed by atoms with Crippen molar-refractivity contribution in [1.82, 2.24) is 20.2 Å². The van der Waals surface area contributed by atoms with Gasteiger partial charge in [-0.15, -0.1) is 11.8 Å². The maximum atomic E-state index is 12.8. The highest BCUT2D eigenvalue weighted by Gasteiger charge is 2.21. The number of hydrogen-bond donors (Lipinski definition) is 4. The second-order valence-corrected chi connectivity index (χ2v) is 8.84. The summed E-state index contributed by atoms with van der Waals surface area (Å²) >= 11 is 1.49. The molecular formula is C24H32N6O4S. The van der Waals surface area contributed by atoms with Gasteiger partial charge >= 0.3 is 0 Å². The van der Waals surface area contributed by atoms with E-state index in [1.165, 1.54) is 35.6 Å². The lowest BCUT2D eigenvalue weighted by Crippen LogP contribution is -2.40. The molecule has 4 N–H and O–H groups in total. The number of nitrogens with zero attached hydrogens (tertiary/aromatic N) is 2. The molecule has 1 heterocycles. The minimum absolute atomic E-state index is 0.0760. The number of amides is 2. The Bertz CT molecular complexity index is 1070. The summed E-state index contributed by atoms with van der Waals surface area (Å²) in [7, 11) is 0. The lowest BCUT2D eigenvalue weighted by molar-refractivity contribution is -0.127. The van der Waals surface area contributed by atoms with Crippen LogP contribution in [0.15, 0.2) is 47.5 Å². The van der Waals surface area contributed by atoms with E-state index in [9.17, 15) is 19.2 Å². The number of ketones is 1. The van der Waals surface area contributed by atoms with Crippen LogP contribution in [0.3, 0.4) is 0 Å². The number of Topliss-reactive ketones (excluding diaryl/α,β-unsaturated/α-hetero) is 1. The van der Waals surface area contributed by atoms with E-state index in [2.05, 4.69) is 20.9 Å². The second kappa shape index (κ2) is 14.7. The standard InChI is InChI=1S/C24H32N6O4S/c1-3-20(23(33)28-14-19(31)16-35-15-18-8-5-4-6-9-18)30-13-12-27-22(24(30)34)26-11-7-10-21(32)29-17(2)25/h4-6,8-9,12-13,20H,3,7,10-11,14-16H2,1-2H3,(H,26,27)(H,28,33)(H2,25,29,32). The number of carbonyl (C=O) groups excluding carboxylic acids is 3. The first-order valence-electron chi connectivity index (χ1n) is 11.4. The van der Waals surface area contributed by atoms with E-state index in [0.717, 1.165) is 5.56 Å². The van der Waals surface area contributed by atoms with Crippen LogP contribution in [0.5, 0.6) is 0 Å². The highest BCUT2D eigenvalue weighted by atomic mass is 32.2. The molecule has 0 saturated heterocycles. The minimum atomic E-state index is -0.780. The van der Waals surface area contributed by atoms with Gasteiger partial charge in [0.25, 0.3) is 5.56 Å². The number of carbonyl (C=O) groups is 3. The lowest BCUT2D eigenvalue weighted by Gasteiger charge is -2.18. The SMILES string of the molecule is CCC(C(=O)NCC(=O)CSCc1ccccc1)n1ccnc(NCCCC(=O)NC(C)=N)c1=O. The number of benzene rings is 1. The Morgan fingerprint density at radius 1 is 1.20 bits per heavy atom. The largest absolute Gasteiger partial charge is 0.365 e. The summed E-state index contributed by atoms with van der Waals surface area (Å²) in [6.07, 6.45) is 3.86. The average molecular weight is 501 g/mol. The van der Waals surface area contributed by atoms with E-state index >= 15 is 0 Å². The van der Waals surface area contributed by atoms with Crippen LogP contribution in [0.4, 0.5) is 5.82 Å². The predicted octanol–water partition coefficient (Wildman–Crippen LogP) is 2.12. The fourth-order valence-electron chi connectivity index (χ4n) is 3.24. The number of rotatable bonds is 14. The molecule has 10 nitrogen and oxygen atoms in total. The number of nitrogens with one attached hydrogen (secondary N) is 4. The van der Waals surface area contributed by atoms with E-state index in [0.29, 0.717) is 25.1 Å². The molecule has 188 valence electrons. The summed E-state index contributed by atoms with van der Waals surface area (Å²) < 4.78 is 1.30. The Morgan fingerprint density at radius 3 is 2.63 bits per heavy atom. The monoisotopic (exact) mass is 500 g/mol. The van der Waals surface area contributed by atoms with Crippen LogP contribution in [0.1, 0.15) is 44.7 Å². The molecule has 1 aromatic carbocycles. The van der Waals surface area contributed by atoms with Gasteiger partial charge in [0.1, 0.15) is 6.04 Å². The number of aromatic nitrogens is 2. The van der Waals surface area contributed by atoms with Crippen LogP contribution in [0.25, 0.3) is 0 Å². The number of anilines is 1. The maximum Gasteiger partial charge on any atom is 0.294 e. The van der Waals surface area contributed by atoms with E-state index in [1.807, 2.05) is 30.3 Å². The Kier molecular flexibility index (Phi) is 11.7. The van der Waals surface area contributed by atoms with E-state index in [-0.39, 0.29) is 42.1 Å². The minimum Gasteiger partial charge on any atom is -0.365 e. The molecule has 0 aliphatic rings. The summed E-state index contributed by atoms with van der Waals surface area (Å²) in [5, 5.41) is 15.2. The van der Waals surface area contributed by atoms with Gasteiger partial charge in [0.15, 0.2) is 11.6 Å². The summed E-state index contributed by atoms with van der Waals surface area (Å²) in [6, 6.07) is 9.05. The van der Waals surface area contributed by atoms with Crippen molar-refractivity contribution in [3.63, 3.8) is 0 Å². The molecule has 1 unspecified atom stereocenters. The highest BCUT2D eigenvalue weighted by molar-refractivity contribution is 7.99. The van der Waals surface area contributed by atoms with Gasteiger partial charge in [0, 0.05) is 31.1 Å². The summed E-state index contributed by atoms with van der Waals surface area (Å²) in [5.74, 6) is 0.379. The molecular weight excluding hydrogens is 468 g/mol. The number of hydrogen-bond acceptors (Lipinski definition) is 8. The van der Waals surface area contributed by atoms with Crippen LogP contribution in [-0.4, -0.2) is 51.8 Å². The van der Waals surface area contributed by atoms with Gasteiger partial charge in [-0.25, -0.2) is 4.98 Å². The normalized spacial score (nSPS) is 11.4. The molecule has 0 aliphatic heterocycles. The zero-order chi connectivity index (χ0) is 25.6. The Hall–Kier alpha value is -3.47. The van der Waals surface area contributed by atoms with Crippen molar-refractivity contribution >= 4 is 41.0 Å². The van der Waals surface area contributed by atoms with Gasteiger partial charge in [0.2, 0.25) is 11.8 Å². The van der Waals surface area contributed by atoms with Crippen LogP contribution >= 0.6 is 11.8 Å². The Labute approximate surface area is 208 Å². The molecule has 35 heavy (non-hydrogen) atoms. The molecule has 0 radical (unpaired) electrons. The molecule has 2 aromatic rings.